The van der Waals surface area contributed by atoms with Crippen molar-refractivity contribution < 1.29 is 4.79 Å². The van der Waals surface area contributed by atoms with E-state index < -0.39 is 6.04 Å². The van der Waals surface area contributed by atoms with Crippen LogP contribution in [0.1, 0.15) is 38.5 Å². The van der Waals surface area contributed by atoms with Gasteiger partial charge in [-0.15, -0.1) is 0 Å². The summed E-state index contributed by atoms with van der Waals surface area (Å²) in [4.78, 5) is 15.9. The van der Waals surface area contributed by atoms with Crippen LogP contribution in [0.4, 0.5) is 0 Å². The number of carbonyl (C=O) groups is 1. The minimum absolute atomic E-state index is 0.0468. The summed E-state index contributed by atoms with van der Waals surface area (Å²) in [5, 5.41) is 9.01. The molecule has 0 aromatic carbocycles. The molecule has 142 valence electrons. The van der Waals surface area contributed by atoms with Crippen LogP contribution in [-0.2, 0) is 4.79 Å². The van der Waals surface area contributed by atoms with E-state index in [1.807, 2.05) is 18.8 Å². The normalized spacial score (nSPS) is 12.8. The van der Waals surface area contributed by atoms with E-state index in [0.717, 1.165) is 43.3 Å². The van der Waals surface area contributed by atoms with Gasteiger partial charge in [0.2, 0.25) is 5.91 Å². The molecule has 0 aliphatic heterocycles. The number of amides is 1. The number of guanidine groups is 1. The highest BCUT2D eigenvalue weighted by Gasteiger charge is 2.12. The molecule has 0 spiro atoms. The van der Waals surface area contributed by atoms with Crippen LogP contribution in [0.2, 0.25) is 0 Å². The van der Waals surface area contributed by atoms with E-state index in [4.69, 9.17) is 5.73 Å². The number of hydrogen-bond donors (Lipinski definition) is 5. The number of nitrogens with one attached hydrogen (secondary N) is 3. The number of thiol groups is 1. The second-order valence-electron chi connectivity index (χ2n) is 5.54. The number of thioether (sulfide) groups is 1. The van der Waals surface area contributed by atoms with Crippen LogP contribution >= 0.6 is 24.4 Å². The molecule has 0 saturated heterocycles. The van der Waals surface area contributed by atoms with Crippen molar-refractivity contribution in [2.24, 2.45) is 10.7 Å². The van der Waals surface area contributed by atoms with E-state index in [1.165, 1.54) is 18.6 Å². The minimum Gasteiger partial charge on any atom is -0.359 e. The molecular formula is C16H35N5OS2. The number of unbranched alkanes of at least 4 members (excludes halogenated alkanes) is 2. The van der Waals surface area contributed by atoms with Gasteiger partial charge >= 0.3 is 0 Å². The van der Waals surface area contributed by atoms with E-state index in [-0.39, 0.29) is 5.91 Å². The van der Waals surface area contributed by atoms with Crippen LogP contribution < -0.4 is 21.7 Å². The third-order valence-corrected chi connectivity index (χ3v) is 4.96. The van der Waals surface area contributed by atoms with E-state index in [1.54, 1.807) is 7.05 Å². The second kappa shape index (κ2) is 17.2. The Bertz CT molecular complexity index is 342. The van der Waals surface area contributed by atoms with E-state index >= 15 is 0 Å². The maximum absolute atomic E-state index is 11.9. The van der Waals surface area contributed by atoms with Gasteiger partial charge in [0, 0.05) is 27.2 Å². The van der Waals surface area contributed by atoms with E-state index in [2.05, 4.69) is 33.6 Å². The van der Waals surface area contributed by atoms with Gasteiger partial charge in [-0.2, -0.15) is 24.4 Å². The molecule has 0 rings (SSSR count). The third kappa shape index (κ3) is 13.8. The summed E-state index contributed by atoms with van der Waals surface area (Å²) >= 11 is 6.19. The number of hydrogen-bond acceptors (Lipinski definition) is 5. The molecule has 0 heterocycles. The molecule has 1 amide bonds. The second-order valence-corrected chi connectivity index (χ2v) is 7.21. The van der Waals surface area contributed by atoms with Crippen molar-refractivity contribution in [1.29, 1.82) is 0 Å². The first-order valence-electron chi connectivity index (χ1n) is 8.76. The smallest absolute Gasteiger partial charge is 0.236 e. The third-order valence-electron chi connectivity index (χ3n) is 3.49. The first-order valence-corrected chi connectivity index (χ1v) is 10.5. The Morgan fingerprint density at radius 2 is 1.79 bits per heavy atom. The highest BCUT2D eigenvalue weighted by atomic mass is 32.2. The van der Waals surface area contributed by atoms with Crippen LogP contribution in [0.3, 0.4) is 0 Å². The molecule has 1 atom stereocenters. The Morgan fingerprint density at radius 3 is 2.42 bits per heavy atom. The van der Waals surface area contributed by atoms with Gasteiger partial charge in [0.25, 0.3) is 0 Å². The fraction of sp³-hybridized carbons (Fsp3) is 0.875. The van der Waals surface area contributed by atoms with Crippen molar-refractivity contribution in [3.05, 3.63) is 0 Å². The number of aliphatic imine (C=N–C) groups is 1. The molecule has 0 saturated carbocycles. The number of rotatable bonds is 14. The highest BCUT2D eigenvalue weighted by Crippen LogP contribution is 2.07. The fourth-order valence-corrected chi connectivity index (χ4v) is 3.27. The predicted octanol–water partition coefficient (Wildman–Crippen LogP) is 1.23. The molecule has 8 heteroatoms. The monoisotopic (exact) mass is 377 g/mol. The molecule has 0 aliphatic carbocycles. The summed E-state index contributed by atoms with van der Waals surface area (Å²) in [7, 11) is 3.54. The molecule has 0 bridgehead atoms. The molecule has 0 aliphatic rings. The van der Waals surface area contributed by atoms with Gasteiger partial charge in [0.05, 0.1) is 6.04 Å². The van der Waals surface area contributed by atoms with Crippen LogP contribution in [-0.4, -0.2) is 62.4 Å². The Morgan fingerprint density at radius 1 is 1.12 bits per heavy atom. The summed E-state index contributed by atoms with van der Waals surface area (Å²) in [5.41, 5.74) is 5.91. The lowest BCUT2D eigenvalue weighted by atomic mass is 10.1. The molecule has 0 radical (unpaired) electrons. The van der Waals surface area contributed by atoms with E-state index in [9.17, 15) is 4.79 Å². The van der Waals surface area contributed by atoms with Crippen LogP contribution in [0, 0.1) is 0 Å². The lowest BCUT2D eigenvalue weighted by Crippen LogP contribution is -2.42. The SMILES string of the molecule is CN=C(NC)NCCCC(N)C(=O)NCCCCSCCCCS. The van der Waals surface area contributed by atoms with Crippen LogP contribution in [0.25, 0.3) is 0 Å². The number of nitrogens with zero attached hydrogens (tertiary/aromatic N) is 1. The number of nitrogens with two attached hydrogens (primary N) is 1. The van der Waals surface area contributed by atoms with Crippen molar-refractivity contribution in [2.75, 3.05) is 44.4 Å². The largest absolute Gasteiger partial charge is 0.359 e. The quantitative estimate of drug-likeness (QED) is 0.136. The Kier molecular flexibility index (Phi) is 16.8. The van der Waals surface area contributed by atoms with Gasteiger partial charge in [0.15, 0.2) is 5.96 Å². The lowest BCUT2D eigenvalue weighted by Gasteiger charge is -2.13. The standard InChI is InChI=1S/C16H35N5OS2/c1-18-16(19-2)21-10-7-8-14(17)15(22)20-9-3-5-12-24-13-6-4-11-23/h14,23H,3-13,17H2,1-2H3,(H,20,22)(H2,18,19,21). The predicted molar refractivity (Wildman–Crippen MR) is 110 cm³/mol. The minimum atomic E-state index is -0.431. The Labute approximate surface area is 157 Å². The lowest BCUT2D eigenvalue weighted by molar-refractivity contribution is -0.122. The Balaban J connectivity index is 3.49. The first-order chi connectivity index (χ1) is 11.7. The molecule has 6 nitrogen and oxygen atoms in total. The first kappa shape index (κ1) is 23.4. The summed E-state index contributed by atoms with van der Waals surface area (Å²) in [5.74, 6) is 4.05. The molecule has 5 N–H and O–H groups in total. The molecule has 0 fully saturated rings. The summed E-state index contributed by atoms with van der Waals surface area (Å²) in [6, 6.07) is -0.431. The van der Waals surface area contributed by atoms with Gasteiger partial charge in [-0.05, 0) is 55.8 Å². The number of carbonyl (C=O) groups excluding carboxylic acids is 1. The van der Waals surface area contributed by atoms with Crippen molar-refractivity contribution in [1.82, 2.24) is 16.0 Å². The zero-order valence-corrected chi connectivity index (χ0v) is 16.9. The summed E-state index contributed by atoms with van der Waals surface area (Å²) < 4.78 is 0. The maximum Gasteiger partial charge on any atom is 0.236 e. The molecule has 0 aromatic heterocycles. The van der Waals surface area contributed by atoms with Gasteiger partial charge in [-0.25, -0.2) is 0 Å². The average molecular weight is 378 g/mol. The van der Waals surface area contributed by atoms with Crippen molar-refractivity contribution in [2.45, 2.75) is 44.6 Å². The van der Waals surface area contributed by atoms with Crippen LogP contribution in [0.5, 0.6) is 0 Å². The van der Waals surface area contributed by atoms with Gasteiger partial charge < -0.3 is 21.7 Å². The fourth-order valence-electron chi connectivity index (χ4n) is 2.03. The van der Waals surface area contributed by atoms with Gasteiger partial charge in [0.1, 0.15) is 0 Å². The van der Waals surface area contributed by atoms with Crippen molar-refractivity contribution >= 4 is 36.3 Å². The van der Waals surface area contributed by atoms with Crippen LogP contribution in [0.15, 0.2) is 4.99 Å². The zero-order valence-electron chi connectivity index (χ0n) is 15.1. The maximum atomic E-state index is 11.9. The van der Waals surface area contributed by atoms with Crippen molar-refractivity contribution in [3.63, 3.8) is 0 Å². The summed E-state index contributed by atoms with van der Waals surface area (Å²) in [6.07, 6.45) is 6.08. The topological polar surface area (TPSA) is 91.5 Å². The molecule has 24 heavy (non-hydrogen) atoms. The van der Waals surface area contributed by atoms with E-state index in [0.29, 0.717) is 13.0 Å². The summed E-state index contributed by atoms with van der Waals surface area (Å²) in [6.45, 7) is 1.47. The molecular weight excluding hydrogens is 342 g/mol. The zero-order chi connectivity index (χ0) is 18.0. The van der Waals surface area contributed by atoms with Gasteiger partial charge in [-0.3, -0.25) is 9.79 Å². The highest BCUT2D eigenvalue weighted by molar-refractivity contribution is 7.99. The Hall–Kier alpha value is -0.600. The van der Waals surface area contributed by atoms with Gasteiger partial charge in [-0.1, -0.05) is 0 Å². The van der Waals surface area contributed by atoms with Crippen molar-refractivity contribution in [3.8, 4) is 0 Å². The molecule has 1 unspecified atom stereocenters. The average Bonchev–Trinajstić information content (AvgIpc) is 2.60. The molecule has 0 aromatic rings.